The fourth-order valence-corrected chi connectivity index (χ4v) is 1.71. The Hall–Kier alpha value is -0.0800. The lowest BCUT2D eigenvalue weighted by Gasteiger charge is -2.21. The molecule has 0 bridgehead atoms. The number of hydrogen-bond donors (Lipinski definition) is 1. The first-order valence-electron chi connectivity index (χ1n) is 3.67. The monoisotopic (exact) mass is 127 g/mol. The van der Waals surface area contributed by atoms with Gasteiger partial charge in [-0.1, -0.05) is 0 Å². The van der Waals surface area contributed by atoms with Gasteiger partial charge >= 0.3 is 0 Å². The zero-order valence-electron chi connectivity index (χ0n) is 5.60. The molecule has 0 unspecified atom stereocenters. The van der Waals surface area contributed by atoms with E-state index in [0.29, 0.717) is 11.5 Å². The molecule has 0 aromatic rings. The van der Waals surface area contributed by atoms with E-state index < -0.39 is 0 Å². The Morgan fingerprint density at radius 1 is 1.56 bits per heavy atom. The van der Waals surface area contributed by atoms with Crippen molar-refractivity contribution < 1.29 is 4.74 Å². The van der Waals surface area contributed by atoms with Crippen LogP contribution in [0.5, 0.6) is 0 Å². The molecular weight excluding hydrogens is 114 g/mol. The third-order valence-electron chi connectivity index (χ3n) is 2.61. The van der Waals surface area contributed by atoms with Gasteiger partial charge in [-0.05, 0) is 19.3 Å². The maximum atomic E-state index is 5.75. The molecular formula is C7H13NO. The van der Waals surface area contributed by atoms with E-state index in [9.17, 15) is 0 Å². The average Bonchev–Trinajstić information content (AvgIpc) is 2.44. The zero-order chi connectivity index (χ0) is 6.32. The minimum Gasteiger partial charge on any atom is -0.381 e. The summed E-state index contributed by atoms with van der Waals surface area (Å²) < 4.78 is 5.34. The number of ether oxygens (including phenoxy) is 1. The van der Waals surface area contributed by atoms with Crippen molar-refractivity contribution in [2.45, 2.75) is 25.3 Å². The third-order valence-corrected chi connectivity index (χ3v) is 2.61. The Morgan fingerprint density at radius 2 is 2.33 bits per heavy atom. The van der Waals surface area contributed by atoms with Gasteiger partial charge in [0.2, 0.25) is 0 Å². The topological polar surface area (TPSA) is 35.2 Å². The van der Waals surface area contributed by atoms with Gasteiger partial charge in [0, 0.05) is 18.1 Å². The molecule has 0 aromatic carbocycles. The van der Waals surface area contributed by atoms with Crippen LogP contribution < -0.4 is 5.73 Å². The fraction of sp³-hybridized carbons (Fsp3) is 1.00. The molecule has 0 radical (unpaired) electrons. The van der Waals surface area contributed by atoms with Crippen LogP contribution >= 0.6 is 0 Å². The quantitative estimate of drug-likeness (QED) is 0.514. The largest absolute Gasteiger partial charge is 0.381 e. The van der Waals surface area contributed by atoms with E-state index in [0.717, 1.165) is 13.2 Å². The van der Waals surface area contributed by atoms with E-state index in [4.69, 9.17) is 10.5 Å². The molecule has 2 fully saturated rings. The second-order valence-corrected chi connectivity index (χ2v) is 3.33. The summed E-state index contributed by atoms with van der Waals surface area (Å²) in [6.07, 6.45) is 3.72. The van der Waals surface area contributed by atoms with Crippen LogP contribution in [0, 0.1) is 5.41 Å². The summed E-state index contributed by atoms with van der Waals surface area (Å²) in [7, 11) is 0. The maximum Gasteiger partial charge on any atom is 0.0537 e. The summed E-state index contributed by atoms with van der Waals surface area (Å²) in [6, 6.07) is 0.456. The molecule has 2 N–H and O–H groups in total. The highest BCUT2D eigenvalue weighted by Gasteiger charge is 2.52. The van der Waals surface area contributed by atoms with E-state index in [2.05, 4.69) is 0 Å². The van der Waals surface area contributed by atoms with Crippen molar-refractivity contribution >= 4 is 0 Å². The van der Waals surface area contributed by atoms with Gasteiger partial charge in [-0.3, -0.25) is 0 Å². The van der Waals surface area contributed by atoms with Gasteiger partial charge in [0.1, 0.15) is 0 Å². The summed E-state index contributed by atoms with van der Waals surface area (Å²) in [5.41, 5.74) is 6.19. The Kier molecular flexibility index (Phi) is 1.08. The molecule has 2 rings (SSSR count). The van der Waals surface area contributed by atoms with Crippen molar-refractivity contribution in [3.05, 3.63) is 0 Å². The summed E-state index contributed by atoms with van der Waals surface area (Å²) in [6.45, 7) is 1.88. The first-order chi connectivity index (χ1) is 4.33. The Labute approximate surface area is 55.4 Å². The number of nitrogens with two attached hydrogens (primary N) is 1. The van der Waals surface area contributed by atoms with Crippen molar-refractivity contribution in [3.8, 4) is 0 Å². The third kappa shape index (κ3) is 0.775. The van der Waals surface area contributed by atoms with Crippen LogP contribution in [0.4, 0.5) is 0 Å². The molecule has 9 heavy (non-hydrogen) atoms. The van der Waals surface area contributed by atoms with Gasteiger partial charge in [-0.25, -0.2) is 0 Å². The van der Waals surface area contributed by atoms with Crippen molar-refractivity contribution in [2.75, 3.05) is 13.2 Å². The molecule has 1 heterocycles. The highest BCUT2D eigenvalue weighted by molar-refractivity contribution is 5.06. The van der Waals surface area contributed by atoms with Gasteiger partial charge < -0.3 is 10.5 Å². The van der Waals surface area contributed by atoms with E-state index in [1.807, 2.05) is 0 Å². The van der Waals surface area contributed by atoms with E-state index in [-0.39, 0.29) is 0 Å². The number of hydrogen-bond acceptors (Lipinski definition) is 2. The first kappa shape index (κ1) is 5.69. The molecule has 2 aliphatic rings. The van der Waals surface area contributed by atoms with E-state index in [1.165, 1.54) is 19.3 Å². The highest BCUT2D eigenvalue weighted by Crippen LogP contribution is 2.50. The lowest BCUT2D eigenvalue weighted by molar-refractivity contribution is 0.0412. The van der Waals surface area contributed by atoms with E-state index >= 15 is 0 Å². The van der Waals surface area contributed by atoms with Crippen molar-refractivity contribution in [2.24, 2.45) is 11.1 Å². The summed E-state index contributed by atoms with van der Waals surface area (Å²) in [5.74, 6) is 0. The minimum atomic E-state index is 0.443. The van der Waals surface area contributed by atoms with Gasteiger partial charge in [0.15, 0.2) is 0 Å². The van der Waals surface area contributed by atoms with Crippen LogP contribution in [0.15, 0.2) is 0 Å². The molecule has 52 valence electrons. The molecule has 1 aliphatic carbocycles. The van der Waals surface area contributed by atoms with Crippen LogP contribution in [-0.2, 0) is 4.74 Å². The van der Waals surface area contributed by atoms with Gasteiger partial charge in [-0.2, -0.15) is 0 Å². The normalized spacial score (nSPS) is 49.7. The predicted octanol–water partition coefficient (Wildman–Crippen LogP) is 0.514. The SMILES string of the molecule is N[C@H]1C[C@@]12CCCOC2. The summed E-state index contributed by atoms with van der Waals surface area (Å²) in [4.78, 5) is 0. The van der Waals surface area contributed by atoms with Crippen molar-refractivity contribution in [1.82, 2.24) is 0 Å². The predicted molar refractivity (Wildman–Crippen MR) is 35.1 cm³/mol. The molecule has 2 heteroatoms. The second-order valence-electron chi connectivity index (χ2n) is 3.33. The Morgan fingerprint density at radius 3 is 2.67 bits per heavy atom. The number of rotatable bonds is 0. The molecule has 0 amide bonds. The van der Waals surface area contributed by atoms with E-state index in [1.54, 1.807) is 0 Å². The van der Waals surface area contributed by atoms with Crippen LogP contribution in [0.3, 0.4) is 0 Å². The average molecular weight is 127 g/mol. The Balaban J connectivity index is 1.97. The van der Waals surface area contributed by atoms with Crippen LogP contribution in [0.2, 0.25) is 0 Å². The van der Waals surface area contributed by atoms with Gasteiger partial charge in [-0.15, -0.1) is 0 Å². The second kappa shape index (κ2) is 1.70. The van der Waals surface area contributed by atoms with Crippen molar-refractivity contribution in [1.29, 1.82) is 0 Å². The highest BCUT2D eigenvalue weighted by atomic mass is 16.5. The van der Waals surface area contributed by atoms with Crippen LogP contribution in [0.1, 0.15) is 19.3 Å². The molecule has 1 spiro atoms. The van der Waals surface area contributed by atoms with Crippen LogP contribution in [0.25, 0.3) is 0 Å². The lowest BCUT2D eigenvalue weighted by atomic mass is 9.99. The molecule has 0 aromatic heterocycles. The smallest absolute Gasteiger partial charge is 0.0537 e. The Bertz CT molecular complexity index is 118. The van der Waals surface area contributed by atoms with Gasteiger partial charge in [0.25, 0.3) is 0 Å². The summed E-state index contributed by atoms with van der Waals surface area (Å²) >= 11 is 0. The van der Waals surface area contributed by atoms with Gasteiger partial charge in [0.05, 0.1) is 6.61 Å². The molecule has 2 nitrogen and oxygen atoms in total. The minimum absolute atomic E-state index is 0.443. The van der Waals surface area contributed by atoms with Crippen molar-refractivity contribution in [3.63, 3.8) is 0 Å². The molecule has 1 saturated carbocycles. The molecule has 1 aliphatic heterocycles. The van der Waals surface area contributed by atoms with Crippen LogP contribution in [-0.4, -0.2) is 19.3 Å². The first-order valence-corrected chi connectivity index (χ1v) is 3.67. The zero-order valence-corrected chi connectivity index (χ0v) is 5.60. The lowest BCUT2D eigenvalue weighted by Crippen LogP contribution is -2.24. The molecule has 2 atom stereocenters. The molecule has 1 saturated heterocycles. The fourth-order valence-electron chi connectivity index (χ4n) is 1.71. The maximum absolute atomic E-state index is 5.75. The standard InChI is InChI=1S/C7H13NO/c8-6-4-7(6)2-1-3-9-5-7/h6H,1-5,8H2/t6-,7+/m0/s1. The summed E-state index contributed by atoms with van der Waals surface area (Å²) in [5, 5.41) is 0.